The van der Waals surface area contributed by atoms with Crippen LogP contribution in [0, 0.1) is 5.92 Å². The molecule has 2 aromatic heterocycles. The number of nitrogens with one attached hydrogen (secondary N) is 1. The van der Waals surface area contributed by atoms with E-state index in [-0.39, 0.29) is 11.8 Å². The molecule has 4 heteroatoms. The summed E-state index contributed by atoms with van der Waals surface area (Å²) in [5, 5.41) is 5.09. The number of amides is 1. The van der Waals surface area contributed by atoms with Gasteiger partial charge in [0.15, 0.2) is 0 Å². The summed E-state index contributed by atoms with van der Waals surface area (Å²) >= 11 is 1.67. The molecule has 1 amide bonds. The van der Waals surface area contributed by atoms with Crippen LogP contribution in [0.1, 0.15) is 24.8 Å². The van der Waals surface area contributed by atoms with Crippen molar-refractivity contribution in [3.05, 3.63) is 53.6 Å². The van der Waals surface area contributed by atoms with Gasteiger partial charge in [-0.2, -0.15) is 0 Å². The molecular weight excluding hydrogens is 280 g/mol. The first-order valence-corrected chi connectivity index (χ1v) is 8.12. The van der Waals surface area contributed by atoms with E-state index in [1.165, 1.54) is 0 Å². The largest absolute Gasteiger partial charge is 0.352 e. The van der Waals surface area contributed by atoms with Crippen LogP contribution in [0.15, 0.2) is 48.0 Å². The van der Waals surface area contributed by atoms with Gasteiger partial charge < -0.3 is 5.32 Å². The minimum atomic E-state index is 0.133. The summed E-state index contributed by atoms with van der Waals surface area (Å²) in [5.74, 6) is 0.294. The Morgan fingerprint density at radius 3 is 3.10 bits per heavy atom. The van der Waals surface area contributed by atoms with Crippen LogP contribution >= 0.6 is 11.3 Å². The second kappa shape index (κ2) is 6.68. The average molecular weight is 298 g/mol. The minimum Gasteiger partial charge on any atom is -0.352 e. The summed E-state index contributed by atoms with van der Waals surface area (Å²) in [5.41, 5.74) is 2.06. The first kappa shape index (κ1) is 14.0. The normalized spacial score (nSPS) is 17.6. The average Bonchev–Trinajstić information content (AvgIpc) is 3.08. The molecule has 21 heavy (non-hydrogen) atoms. The van der Waals surface area contributed by atoms with Crippen LogP contribution < -0.4 is 5.32 Å². The molecule has 0 aliphatic heterocycles. The first-order valence-electron chi connectivity index (χ1n) is 7.24. The molecule has 3 rings (SSSR count). The van der Waals surface area contributed by atoms with E-state index >= 15 is 0 Å². The van der Waals surface area contributed by atoms with E-state index < -0.39 is 0 Å². The number of carbonyl (C=O) groups is 1. The SMILES string of the molecule is O=C(NCc1ccnc(-c2cccs2)c1)[C@H]1CC=CCC1. The van der Waals surface area contributed by atoms with Crippen LogP contribution in [0.25, 0.3) is 10.6 Å². The molecule has 3 nitrogen and oxygen atoms in total. The highest BCUT2D eigenvalue weighted by Crippen LogP contribution is 2.23. The molecule has 0 bridgehead atoms. The van der Waals surface area contributed by atoms with Crippen molar-refractivity contribution >= 4 is 17.2 Å². The number of thiophene rings is 1. The highest BCUT2D eigenvalue weighted by molar-refractivity contribution is 7.13. The Hall–Kier alpha value is -1.94. The maximum atomic E-state index is 12.1. The van der Waals surface area contributed by atoms with Crippen LogP contribution in [0.2, 0.25) is 0 Å². The van der Waals surface area contributed by atoms with E-state index in [2.05, 4.69) is 28.5 Å². The van der Waals surface area contributed by atoms with Crippen LogP contribution in [0.5, 0.6) is 0 Å². The van der Waals surface area contributed by atoms with Crippen molar-refractivity contribution in [1.29, 1.82) is 0 Å². The number of aromatic nitrogens is 1. The molecule has 2 heterocycles. The molecular formula is C17H18N2OS. The number of carbonyl (C=O) groups excluding carboxylic acids is 1. The van der Waals surface area contributed by atoms with Crippen molar-refractivity contribution in [3.63, 3.8) is 0 Å². The van der Waals surface area contributed by atoms with Crippen molar-refractivity contribution in [1.82, 2.24) is 10.3 Å². The van der Waals surface area contributed by atoms with Crippen molar-refractivity contribution in [3.8, 4) is 10.6 Å². The summed E-state index contributed by atoms with van der Waals surface area (Å²) < 4.78 is 0. The molecule has 2 aromatic rings. The highest BCUT2D eigenvalue weighted by Gasteiger charge is 2.18. The zero-order chi connectivity index (χ0) is 14.5. The summed E-state index contributed by atoms with van der Waals surface area (Å²) in [6.07, 6.45) is 8.90. The van der Waals surface area contributed by atoms with Gasteiger partial charge in [-0.15, -0.1) is 11.3 Å². The van der Waals surface area contributed by atoms with Gasteiger partial charge in [-0.3, -0.25) is 9.78 Å². The molecule has 1 aliphatic carbocycles. The predicted octanol–water partition coefficient (Wildman–Crippen LogP) is 3.78. The zero-order valence-electron chi connectivity index (χ0n) is 11.8. The Morgan fingerprint density at radius 1 is 1.38 bits per heavy atom. The van der Waals surface area contributed by atoms with Crippen LogP contribution in [0.4, 0.5) is 0 Å². The fourth-order valence-corrected chi connectivity index (χ4v) is 3.20. The van der Waals surface area contributed by atoms with Gasteiger partial charge in [-0.25, -0.2) is 0 Å². The zero-order valence-corrected chi connectivity index (χ0v) is 12.6. The Labute approximate surface area is 128 Å². The third kappa shape index (κ3) is 3.58. The van der Waals surface area contributed by atoms with Gasteiger partial charge in [0.25, 0.3) is 0 Å². The maximum Gasteiger partial charge on any atom is 0.223 e. The molecule has 0 fully saturated rings. The number of allylic oxidation sites excluding steroid dienone is 2. The Bertz CT molecular complexity index is 634. The Balaban J connectivity index is 1.61. The third-order valence-electron chi connectivity index (χ3n) is 3.70. The lowest BCUT2D eigenvalue weighted by Crippen LogP contribution is -2.30. The van der Waals surface area contributed by atoms with Gasteiger partial charge in [-0.05, 0) is 48.4 Å². The molecule has 0 aromatic carbocycles. The Kier molecular flexibility index (Phi) is 4.46. The number of pyridine rings is 1. The van der Waals surface area contributed by atoms with E-state index in [0.717, 1.165) is 35.4 Å². The third-order valence-corrected chi connectivity index (χ3v) is 4.60. The maximum absolute atomic E-state index is 12.1. The van der Waals surface area contributed by atoms with Gasteiger partial charge in [0.2, 0.25) is 5.91 Å². The second-order valence-corrected chi connectivity index (χ2v) is 6.17. The van der Waals surface area contributed by atoms with E-state index in [4.69, 9.17) is 0 Å². The smallest absolute Gasteiger partial charge is 0.223 e. The van der Waals surface area contributed by atoms with Gasteiger partial charge >= 0.3 is 0 Å². The van der Waals surface area contributed by atoms with Gasteiger partial charge in [0, 0.05) is 18.7 Å². The molecule has 0 saturated heterocycles. The van der Waals surface area contributed by atoms with Gasteiger partial charge in [-0.1, -0.05) is 18.2 Å². The van der Waals surface area contributed by atoms with Crippen LogP contribution in [-0.2, 0) is 11.3 Å². The topological polar surface area (TPSA) is 42.0 Å². The quantitative estimate of drug-likeness (QED) is 0.873. The van der Waals surface area contributed by atoms with Crippen molar-refractivity contribution in [2.45, 2.75) is 25.8 Å². The van der Waals surface area contributed by atoms with Crippen LogP contribution in [-0.4, -0.2) is 10.9 Å². The fraction of sp³-hybridized carbons (Fsp3) is 0.294. The lowest BCUT2D eigenvalue weighted by Gasteiger charge is -2.17. The van der Waals surface area contributed by atoms with E-state index in [1.807, 2.05) is 23.6 Å². The molecule has 0 spiro atoms. The van der Waals surface area contributed by atoms with Gasteiger partial charge in [0.05, 0.1) is 10.6 Å². The lowest BCUT2D eigenvalue weighted by molar-refractivity contribution is -0.125. The van der Waals surface area contributed by atoms with Crippen LogP contribution in [0.3, 0.4) is 0 Å². The van der Waals surface area contributed by atoms with E-state index in [1.54, 1.807) is 17.5 Å². The monoisotopic (exact) mass is 298 g/mol. The Morgan fingerprint density at radius 2 is 2.33 bits per heavy atom. The molecule has 0 radical (unpaired) electrons. The number of rotatable bonds is 4. The molecule has 0 unspecified atom stereocenters. The fourth-order valence-electron chi connectivity index (χ4n) is 2.51. The van der Waals surface area contributed by atoms with Crippen molar-refractivity contribution in [2.24, 2.45) is 5.92 Å². The first-order chi connectivity index (χ1) is 10.3. The number of hydrogen-bond donors (Lipinski definition) is 1. The van der Waals surface area contributed by atoms with E-state index in [9.17, 15) is 4.79 Å². The van der Waals surface area contributed by atoms with E-state index in [0.29, 0.717) is 6.54 Å². The molecule has 108 valence electrons. The molecule has 1 atom stereocenters. The van der Waals surface area contributed by atoms with Gasteiger partial charge in [0.1, 0.15) is 0 Å². The second-order valence-electron chi connectivity index (χ2n) is 5.23. The predicted molar refractivity (Wildman–Crippen MR) is 85.9 cm³/mol. The molecule has 1 aliphatic rings. The summed E-state index contributed by atoms with van der Waals surface area (Å²) in [4.78, 5) is 17.7. The number of hydrogen-bond acceptors (Lipinski definition) is 3. The standard InChI is InChI=1S/C17H18N2OS/c20-17(14-5-2-1-3-6-14)19-12-13-8-9-18-15(11-13)16-7-4-10-21-16/h1-2,4,7-11,14H,3,5-6,12H2,(H,19,20)/t14-/m0/s1. The number of nitrogens with zero attached hydrogens (tertiary/aromatic N) is 1. The summed E-state index contributed by atoms with van der Waals surface area (Å²) in [7, 11) is 0. The molecule has 0 saturated carbocycles. The molecule has 1 N–H and O–H groups in total. The van der Waals surface area contributed by atoms with Crippen molar-refractivity contribution in [2.75, 3.05) is 0 Å². The lowest BCUT2D eigenvalue weighted by atomic mass is 9.93. The van der Waals surface area contributed by atoms with Crippen molar-refractivity contribution < 1.29 is 4.79 Å². The summed E-state index contributed by atoms with van der Waals surface area (Å²) in [6, 6.07) is 8.08. The summed E-state index contributed by atoms with van der Waals surface area (Å²) in [6.45, 7) is 0.569. The highest BCUT2D eigenvalue weighted by atomic mass is 32.1. The minimum absolute atomic E-state index is 0.133.